The summed E-state index contributed by atoms with van der Waals surface area (Å²) in [6, 6.07) is 35.3. The first-order chi connectivity index (χ1) is 24.8. The van der Waals surface area contributed by atoms with E-state index >= 15 is 0 Å². The maximum atomic E-state index is 11.1. The van der Waals surface area contributed by atoms with Crippen LogP contribution in [0.2, 0.25) is 0 Å². The molecule has 1 aliphatic rings. The van der Waals surface area contributed by atoms with Crippen LogP contribution in [0.5, 0.6) is 0 Å². The van der Waals surface area contributed by atoms with Gasteiger partial charge >= 0.3 is 0 Å². The van der Waals surface area contributed by atoms with E-state index in [0.717, 1.165) is 55.1 Å². The summed E-state index contributed by atoms with van der Waals surface area (Å²) in [4.78, 5) is 2.06. The molecular formula is C43H35N3O5. The van der Waals surface area contributed by atoms with Gasteiger partial charge in [-0.3, -0.25) is 0 Å². The van der Waals surface area contributed by atoms with Gasteiger partial charge in [0.2, 0.25) is 11.5 Å². The second-order valence-electron chi connectivity index (χ2n) is 12.6. The molecule has 2 heterocycles. The molecule has 5 N–H and O–H groups in total. The molecule has 0 saturated heterocycles. The maximum Gasteiger partial charge on any atom is 0.202 e. The van der Waals surface area contributed by atoms with Gasteiger partial charge < -0.3 is 39.6 Å². The Balaban J connectivity index is 1.34. The van der Waals surface area contributed by atoms with Gasteiger partial charge in [0.25, 0.3) is 0 Å². The van der Waals surface area contributed by atoms with Gasteiger partial charge in [-0.15, -0.1) is 0 Å². The number of aliphatic hydroxyl groups excluding tert-OH is 5. The van der Waals surface area contributed by atoms with Gasteiger partial charge in [0, 0.05) is 51.7 Å². The summed E-state index contributed by atoms with van der Waals surface area (Å²) in [6.45, 7) is 3.71. The Morgan fingerprint density at radius 1 is 0.608 bits per heavy atom. The molecule has 0 spiro atoms. The number of benzene rings is 5. The molecule has 2 aromatic heterocycles. The molecule has 0 fully saturated rings. The molecule has 0 bridgehead atoms. The third kappa shape index (κ3) is 4.87. The van der Waals surface area contributed by atoms with Crippen molar-refractivity contribution >= 4 is 49.3 Å². The van der Waals surface area contributed by atoms with Gasteiger partial charge in [-0.1, -0.05) is 85.5 Å². The third-order valence-electron chi connectivity index (χ3n) is 9.75. The Kier molecular flexibility index (Phi) is 7.66. The number of hydrogen-bond acceptors (Lipinski definition) is 6. The van der Waals surface area contributed by atoms with Crippen LogP contribution in [-0.2, 0) is 0 Å². The van der Waals surface area contributed by atoms with Crippen LogP contribution in [0.15, 0.2) is 169 Å². The predicted molar refractivity (Wildman–Crippen MR) is 206 cm³/mol. The zero-order valence-electron chi connectivity index (χ0n) is 27.7. The summed E-state index contributed by atoms with van der Waals surface area (Å²) in [6.07, 6.45) is 7.82. The number of allylic oxidation sites excluding steroid dienone is 4. The van der Waals surface area contributed by atoms with E-state index in [1.54, 1.807) is 10.6 Å². The molecule has 252 valence electrons. The molecule has 8 heteroatoms. The van der Waals surface area contributed by atoms with E-state index in [1.807, 2.05) is 80.0 Å². The van der Waals surface area contributed by atoms with Crippen LogP contribution in [0.1, 0.15) is 6.04 Å². The molecule has 2 atom stereocenters. The van der Waals surface area contributed by atoms with Crippen LogP contribution in [0.3, 0.4) is 0 Å². The fraction of sp³-hybridized carbons (Fsp3) is 0.0698. The molecule has 5 aromatic carbocycles. The zero-order valence-corrected chi connectivity index (χ0v) is 27.7. The van der Waals surface area contributed by atoms with Crippen LogP contribution >= 0.6 is 0 Å². The zero-order chi connectivity index (χ0) is 35.4. The van der Waals surface area contributed by atoms with E-state index < -0.39 is 35.2 Å². The first-order valence-corrected chi connectivity index (χ1v) is 16.6. The number of aliphatic hydroxyl groups is 5. The number of hydrogen-bond donors (Lipinski definition) is 5. The van der Waals surface area contributed by atoms with E-state index in [4.69, 9.17) is 0 Å². The van der Waals surface area contributed by atoms with Crippen molar-refractivity contribution in [2.24, 2.45) is 0 Å². The number of para-hydroxylation sites is 2. The lowest BCUT2D eigenvalue weighted by atomic mass is 9.95. The van der Waals surface area contributed by atoms with Crippen molar-refractivity contribution < 1.29 is 25.5 Å². The van der Waals surface area contributed by atoms with Crippen molar-refractivity contribution in [3.8, 4) is 16.8 Å². The summed E-state index contributed by atoms with van der Waals surface area (Å²) in [5.74, 6) is -3.28. The Hall–Kier alpha value is -6.64. The highest BCUT2D eigenvalue weighted by molar-refractivity contribution is 6.21. The third-order valence-corrected chi connectivity index (χ3v) is 9.75. The van der Waals surface area contributed by atoms with Gasteiger partial charge in [0.05, 0.1) is 16.6 Å². The van der Waals surface area contributed by atoms with E-state index in [2.05, 4.69) is 76.7 Å². The summed E-state index contributed by atoms with van der Waals surface area (Å²) >= 11 is 0. The van der Waals surface area contributed by atoms with E-state index in [-0.39, 0.29) is 0 Å². The standard InChI is InChI=1S/C43H35N3O5/c1-3-4-5-10-25-44(2)26-21-23-27(24-22-26)45-32-17-8-6-13-30(32)36-28(15-11-19-34(36)45)29-16-12-20-35-37(29)31-14-7-9-18-33(31)46(35)38-39(47)41(49)43(51)42(50)40(38)48/h3-25,38-39,47-51H,1H2,2H3/b5-4-,25-10-. The van der Waals surface area contributed by atoms with Gasteiger partial charge in [-0.25, -0.2) is 0 Å². The number of fused-ring (bicyclic) bond motifs is 6. The normalized spacial score (nSPS) is 16.9. The van der Waals surface area contributed by atoms with Crippen LogP contribution in [0, 0.1) is 0 Å². The van der Waals surface area contributed by atoms with Crippen molar-refractivity contribution in [3.05, 3.63) is 169 Å². The van der Waals surface area contributed by atoms with Crippen molar-refractivity contribution in [3.63, 3.8) is 0 Å². The highest BCUT2D eigenvalue weighted by Crippen LogP contribution is 2.46. The fourth-order valence-electron chi connectivity index (χ4n) is 7.42. The summed E-state index contributed by atoms with van der Waals surface area (Å²) in [7, 11) is 2.01. The molecule has 7 aromatic rings. The minimum absolute atomic E-state index is 0.645. The quantitative estimate of drug-likeness (QED) is 0.108. The van der Waals surface area contributed by atoms with Crippen LogP contribution in [-0.4, -0.2) is 47.8 Å². The van der Waals surface area contributed by atoms with Crippen molar-refractivity contribution in [2.75, 3.05) is 11.9 Å². The molecule has 2 unspecified atom stereocenters. The Morgan fingerprint density at radius 2 is 1.18 bits per heavy atom. The Bertz CT molecular complexity index is 2640. The Morgan fingerprint density at radius 3 is 1.86 bits per heavy atom. The number of rotatable bonds is 7. The maximum absolute atomic E-state index is 11.1. The lowest BCUT2D eigenvalue weighted by molar-refractivity contribution is 0.0708. The van der Waals surface area contributed by atoms with Gasteiger partial charge in [0.1, 0.15) is 12.1 Å². The van der Waals surface area contributed by atoms with Crippen molar-refractivity contribution in [1.82, 2.24) is 9.13 Å². The van der Waals surface area contributed by atoms with Crippen molar-refractivity contribution in [2.45, 2.75) is 12.1 Å². The molecule has 51 heavy (non-hydrogen) atoms. The van der Waals surface area contributed by atoms with Crippen LogP contribution in [0.4, 0.5) is 5.69 Å². The second-order valence-corrected chi connectivity index (χ2v) is 12.6. The van der Waals surface area contributed by atoms with Crippen LogP contribution in [0.25, 0.3) is 60.4 Å². The second kappa shape index (κ2) is 12.4. The lowest BCUT2D eigenvalue weighted by Gasteiger charge is -2.29. The number of nitrogens with zero attached hydrogens (tertiary/aromatic N) is 3. The Labute approximate surface area is 293 Å². The first-order valence-electron chi connectivity index (χ1n) is 16.6. The van der Waals surface area contributed by atoms with E-state index in [0.29, 0.717) is 11.0 Å². The van der Waals surface area contributed by atoms with Gasteiger partial charge in [0.15, 0.2) is 11.5 Å². The SMILES string of the molecule is C=C/C=C\C=C/N(C)c1ccc(-n2c3ccccc3c3c(-c4cccc5c4c4ccccc4n5C4C(O)=C(O)C(O)=C(O)C4O)cccc32)cc1. The largest absolute Gasteiger partial charge is 0.506 e. The van der Waals surface area contributed by atoms with Gasteiger partial charge in [-0.05, 0) is 65.7 Å². The van der Waals surface area contributed by atoms with E-state index in [9.17, 15) is 25.5 Å². The molecule has 1 aliphatic carbocycles. The number of anilines is 1. The molecular weight excluding hydrogens is 638 g/mol. The topological polar surface area (TPSA) is 114 Å². The van der Waals surface area contributed by atoms with Crippen LogP contribution < -0.4 is 4.90 Å². The smallest absolute Gasteiger partial charge is 0.202 e. The predicted octanol–water partition coefficient (Wildman–Crippen LogP) is 9.82. The average Bonchev–Trinajstić information content (AvgIpc) is 3.68. The highest BCUT2D eigenvalue weighted by atomic mass is 16.4. The summed E-state index contributed by atoms with van der Waals surface area (Å²) in [5.41, 5.74) is 7.42. The monoisotopic (exact) mass is 673 g/mol. The molecule has 0 radical (unpaired) electrons. The van der Waals surface area contributed by atoms with E-state index in [1.165, 1.54) is 0 Å². The minimum atomic E-state index is -1.71. The summed E-state index contributed by atoms with van der Waals surface area (Å²) in [5, 5.41) is 57.3. The fourth-order valence-corrected chi connectivity index (χ4v) is 7.42. The number of aromatic nitrogens is 2. The first kappa shape index (κ1) is 31.6. The lowest BCUT2D eigenvalue weighted by Crippen LogP contribution is -2.33. The molecule has 8 rings (SSSR count). The van der Waals surface area contributed by atoms with Gasteiger partial charge in [-0.2, -0.15) is 0 Å². The molecule has 0 amide bonds. The molecule has 0 aliphatic heterocycles. The minimum Gasteiger partial charge on any atom is -0.506 e. The summed E-state index contributed by atoms with van der Waals surface area (Å²) < 4.78 is 3.98. The molecule has 8 nitrogen and oxygen atoms in total. The highest BCUT2D eigenvalue weighted by Gasteiger charge is 2.40. The average molecular weight is 674 g/mol. The van der Waals surface area contributed by atoms with Crippen molar-refractivity contribution in [1.29, 1.82) is 0 Å². The molecule has 0 saturated carbocycles.